The molecule has 0 aliphatic rings. The van der Waals surface area contributed by atoms with Gasteiger partial charge in [0.2, 0.25) is 5.95 Å². The Morgan fingerprint density at radius 1 is 1.53 bits per heavy atom. The predicted octanol–water partition coefficient (Wildman–Crippen LogP) is 1.47. The van der Waals surface area contributed by atoms with E-state index in [2.05, 4.69) is 21.3 Å². The topological polar surface area (TPSA) is 42.2 Å². The molecule has 2 aromatic rings. The first kappa shape index (κ1) is 9.53. The fraction of sp³-hybridized carbons (Fsp3) is 0.273. The number of nitrogens with zero attached hydrogens (tertiary/aromatic N) is 3. The number of terminal acetylenes is 1. The number of hydrogen-bond donors (Lipinski definition) is 1. The zero-order chi connectivity index (χ0) is 10.8. The van der Waals surface area contributed by atoms with Gasteiger partial charge in [0.15, 0.2) is 5.65 Å². The monoisotopic (exact) mass is 200 g/mol. The van der Waals surface area contributed by atoms with Crippen LogP contribution in [0.5, 0.6) is 0 Å². The van der Waals surface area contributed by atoms with E-state index in [-0.39, 0.29) is 6.04 Å². The van der Waals surface area contributed by atoms with Crippen molar-refractivity contribution in [3.63, 3.8) is 0 Å². The van der Waals surface area contributed by atoms with Crippen molar-refractivity contribution >= 4 is 11.6 Å². The molecule has 0 amide bonds. The number of aryl methyl sites for hydroxylation is 1. The number of anilines is 1. The summed E-state index contributed by atoms with van der Waals surface area (Å²) in [6.45, 7) is 3.90. The van der Waals surface area contributed by atoms with E-state index < -0.39 is 0 Å². The average molecular weight is 200 g/mol. The Bertz CT molecular complexity index is 521. The van der Waals surface area contributed by atoms with Gasteiger partial charge in [-0.1, -0.05) is 12.0 Å². The van der Waals surface area contributed by atoms with Crippen LogP contribution in [0, 0.1) is 19.3 Å². The van der Waals surface area contributed by atoms with Crippen LogP contribution in [0.3, 0.4) is 0 Å². The Labute approximate surface area is 88.3 Å². The summed E-state index contributed by atoms with van der Waals surface area (Å²) >= 11 is 0. The molecule has 0 aliphatic heterocycles. The Kier molecular flexibility index (Phi) is 2.30. The van der Waals surface area contributed by atoms with Crippen LogP contribution in [0.15, 0.2) is 18.3 Å². The molecular weight excluding hydrogens is 188 g/mol. The minimum Gasteiger partial charge on any atom is -0.340 e. The summed E-state index contributed by atoms with van der Waals surface area (Å²) in [6, 6.07) is 3.86. The highest BCUT2D eigenvalue weighted by Gasteiger charge is 2.04. The maximum Gasteiger partial charge on any atom is 0.244 e. The Balaban J connectivity index is 2.35. The molecule has 2 aromatic heterocycles. The van der Waals surface area contributed by atoms with E-state index >= 15 is 0 Å². The number of nitrogens with one attached hydrogen (secondary N) is 1. The second-order valence-electron chi connectivity index (χ2n) is 3.48. The van der Waals surface area contributed by atoms with Crippen LogP contribution in [0.25, 0.3) is 5.65 Å². The number of rotatable bonds is 2. The molecule has 2 rings (SSSR count). The lowest BCUT2D eigenvalue weighted by Gasteiger charge is -2.02. The first-order chi connectivity index (χ1) is 7.19. The Hall–Kier alpha value is -2.02. The van der Waals surface area contributed by atoms with Crippen molar-refractivity contribution in [3.8, 4) is 12.3 Å². The first-order valence-corrected chi connectivity index (χ1v) is 4.75. The van der Waals surface area contributed by atoms with Gasteiger partial charge in [-0.2, -0.15) is 4.98 Å². The van der Waals surface area contributed by atoms with Gasteiger partial charge in [-0.15, -0.1) is 11.5 Å². The highest BCUT2D eigenvalue weighted by atomic mass is 15.3. The lowest BCUT2D eigenvalue weighted by molar-refractivity contribution is 0.927. The molecule has 0 spiro atoms. The standard InChI is InChI=1S/C11H12N4/c1-4-9(3)12-11-13-10-6-5-8(2)7-15(10)14-11/h1,5-7,9H,2-3H3,(H,12,14). The number of aromatic nitrogens is 3. The summed E-state index contributed by atoms with van der Waals surface area (Å²) in [5.41, 5.74) is 1.95. The second kappa shape index (κ2) is 3.62. The SMILES string of the molecule is C#CC(C)Nc1nc2ccc(C)cn2n1. The molecule has 76 valence electrons. The van der Waals surface area contributed by atoms with Crippen molar-refractivity contribution in [3.05, 3.63) is 23.9 Å². The predicted molar refractivity (Wildman–Crippen MR) is 59.6 cm³/mol. The van der Waals surface area contributed by atoms with Crippen LogP contribution in [-0.2, 0) is 0 Å². The maximum absolute atomic E-state index is 5.26. The minimum atomic E-state index is -0.0662. The summed E-state index contributed by atoms with van der Waals surface area (Å²) in [6.07, 6.45) is 7.19. The minimum absolute atomic E-state index is 0.0662. The molecule has 0 saturated carbocycles. The summed E-state index contributed by atoms with van der Waals surface area (Å²) in [5, 5.41) is 7.28. The van der Waals surface area contributed by atoms with Gasteiger partial charge in [-0.3, -0.25) is 0 Å². The zero-order valence-electron chi connectivity index (χ0n) is 8.73. The van der Waals surface area contributed by atoms with Crippen LogP contribution >= 0.6 is 0 Å². The van der Waals surface area contributed by atoms with Crippen molar-refractivity contribution in [2.24, 2.45) is 0 Å². The third-order valence-electron chi connectivity index (χ3n) is 2.07. The fourth-order valence-corrected chi connectivity index (χ4v) is 1.28. The third kappa shape index (κ3) is 1.91. The van der Waals surface area contributed by atoms with E-state index in [1.807, 2.05) is 32.2 Å². The number of fused-ring (bicyclic) bond motifs is 1. The van der Waals surface area contributed by atoms with E-state index in [0.717, 1.165) is 11.2 Å². The van der Waals surface area contributed by atoms with Crippen LogP contribution in [0.1, 0.15) is 12.5 Å². The average Bonchev–Trinajstić information content (AvgIpc) is 2.59. The van der Waals surface area contributed by atoms with E-state index in [1.165, 1.54) is 0 Å². The summed E-state index contributed by atoms with van der Waals surface area (Å²) in [5.74, 6) is 3.13. The molecule has 2 heterocycles. The Morgan fingerprint density at radius 2 is 2.33 bits per heavy atom. The Morgan fingerprint density at radius 3 is 3.07 bits per heavy atom. The zero-order valence-corrected chi connectivity index (χ0v) is 8.73. The van der Waals surface area contributed by atoms with Crippen molar-refractivity contribution in [1.82, 2.24) is 14.6 Å². The van der Waals surface area contributed by atoms with Gasteiger partial charge in [-0.25, -0.2) is 4.52 Å². The molecule has 0 fully saturated rings. The van der Waals surface area contributed by atoms with Crippen LogP contribution in [-0.4, -0.2) is 20.6 Å². The van der Waals surface area contributed by atoms with Crippen molar-refractivity contribution in [2.45, 2.75) is 19.9 Å². The molecule has 0 bridgehead atoms. The summed E-state index contributed by atoms with van der Waals surface area (Å²) in [4.78, 5) is 4.29. The van der Waals surface area contributed by atoms with Gasteiger partial charge in [0.05, 0.1) is 6.04 Å². The lowest BCUT2D eigenvalue weighted by atomic mass is 10.3. The highest BCUT2D eigenvalue weighted by Crippen LogP contribution is 2.07. The molecule has 0 aliphatic carbocycles. The van der Waals surface area contributed by atoms with Gasteiger partial charge in [-0.05, 0) is 25.5 Å². The molecule has 0 aromatic carbocycles. The van der Waals surface area contributed by atoms with Crippen LogP contribution in [0.4, 0.5) is 5.95 Å². The molecule has 1 atom stereocenters. The van der Waals surface area contributed by atoms with E-state index in [4.69, 9.17) is 6.42 Å². The van der Waals surface area contributed by atoms with E-state index in [9.17, 15) is 0 Å². The second-order valence-corrected chi connectivity index (χ2v) is 3.48. The quantitative estimate of drug-likeness (QED) is 0.746. The molecule has 0 saturated heterocycles. The molecule has 1 N–H and O–H groups in total. The van der Waals surface area contributed by atoms with Gasteiger partial charge in [0.25, 0.3) is 0 Å². The smallest absolute Gasteiger partial charge is 0.244 e. The normalized spacial score (nSPS) is 12.3. The van der Waals surface area contributed by atoms with Crippen molar-refractivity contribution in [2.75, 3.05) is 5.32 Å². The first-order valence-electron chi connectivity index (χ1n) is 4.75. The van der Waals surface area contributed by atoms with Crippen LogP contribution < -0.4 is 5.32 Å². The molecule has 4 heteroatoms. The van der Waals surface area contributed by atoms with Crippen molar-refractivity contribution < 1.29 is 0 Å². The maximum atomic E-state index is 5.26. The van der Waals surface area contributed by atoms with Gasteiger partial charge in [0, 0.05) is 6.20 Å². The summed E-state index contributed by atoms with van der Waals surface area (Å²) < 4.78 is 1.74. The molecular formula is C11H12N4. The van der Waals surface area contributed by atoms with Crippen LogP contribution in [0.2, 0.25) is 0 Å². The highest BCUT2D eigenvalue weighted by molar-refractivity contribution is 5.44. The molecule has 4 nitrogen and oxygen atoms in total. The molecule has 15 heavy (non-hydrogen) atoms. The summed E-state index contributed by atoms with van der Waals surface area (Å²) in [7, 11) is 0. The lowest BCUT2D eigenvalue weighted by Crippen LogP contribution is -2.13. The van der Waals surface area contributed by atoms with E-state index in [0.29, 0.717) is 5.95 Å². The van der Waals surface area contributed by atoms with Crippen molar-refractivity contribution in [1.29, 1.82) is 0 Å². The van der Waals surface area contributed by atoms with Gasteiger partial charge in [0.1, 0.15) is 0 Å². The third-order valence-corrected chi connectivity index (χ3v) is 2.07. The molecule has 1 unspecified atom stereocenters. The number of pyridine rings is 1. The fourth-order valence-electron chi connectivity index (χ4n) is 1.28. The molecule has 0 radical (unpaired) electrons. The van der Waals surface area contributed by atoms with E-state index in [1.54, 1.807) is 4.52 Å². The van der Waals surface area contributed by atoms with Gasteiger partial charge >= 0.3 is 0 Å². The largest absolute Gasteiger partial charge is 0.340 e. The van der Waals surface area contributed by atoms with Gasteiger partial charge < -0.3 is 5.32 Å². The number of hydrogen-bond acceptors (Lipinski definition) is 3.